The second kappa shape index (κ2) is 34.2. The molecule has 27 nitrogen and oxygen atoms in total. The summed E-state index contributed by atoms with van der Waals surface area (Å²) in [6.45, 7) is 25.1. The Hall–Kier alpha value is -4.80. The van der Waals surface area contributed by atoms with Crippen LogP contribution < -0.4 is 0 Å². The van der Waals surface area contributed by atoms with Crippen LogP contribution in [0.2, 0.25) is 0 Å². The molecule has 25 atom stereocenters. The first-order valence-corrected chi connectivity index (χ1v) is 30.3. The Labute approximate surface area is 504 Å². The van der Waals surface area contributed by atoms with Gasteiger partial charge in [-0.1, -0.05) is 80.3 Å². The van der Waals surface area contributed by atoms with E-state index >= 15 is 0 Å². The Morgan fingerprint density at radius 2 is 0.686 bits per heavy atom. The molecule has 0 aliphatic carbocycles. The van der Waals surface area contributed by atoms with Crippen LogP contribution in [0.1, 0.15) is 149 Å². The van der Waals surface area contributed by atoms with E-state index in [2.05, 4.69) is 10.0 Å². The van der Waals surface area contributed by atoms with Crippen LogP contribution in [-0.4, -0.2) is 186 Å². The van der Waals surface area contributed by atoms with Crippen molar-refractivity contribution in [2.24, 2.45) is 46.5 Å². The van der Waals surface area contributed by atoms with Gasteiger partial charge in [0.05, 0.1) is 12.2 Å². The van der Waals surface area contributed by atoms with Gasteiger partial charge < -0.3 is 80.5 Å². The number of rotatable bonds is 28. The summed E-state index contributed by atoms with van der Waals surface area (Å²) in [7, 11) is 0. The molecule has 490 valence electrons. The minimum absolute atomic E-state index is 0.0629. The topological polar surface area (TPSA) is 325 Å². The lowest BCUT2D eigenvalue weighted by Gasteiger charge is -2.52. The maximum Gasteiger partial charge on any atom is 0.303 e. The summed E-state index contributed by atoms with van der Waals surface area (Å²) in [5.74, 6) is -8.00. The van der Waals surface area contributed by atoms with Crippen molar-refractivity contribution in [3.8, 4) is 0 Å². The molecule has 0 bridgehead atoms. The zero-order valence-electron chi connectivity index (χ0n) is 52.9. The average Bonchev–Trinajstić information content (AvgIpc) is 0.923. The predicted octanol–water partition coefficient (Wildman–Crippen LogP) is 6.73. The molecule has 0 aromatic rings. The maximum absolute atomic E-state index is 13.5. The molecule has 5 saturated heterocycles. The normalized spacial score (nSPS) is 38.0. The van der Waals surface area contributed by atoms with Crippen LogP contribution in [0.4, 0.5) is 0 Å². The van der Waals surface area contributed by atoms with E-state index in [0.717, 1.165) is 26.2 Å². The molecule has 5 aliphatic heterocycles. The van der Waals surface area contributed by atoms with Gasteiger partial charge in [0.2, 0.25) is 0 Å². The highest BCUT2D eigenvalue weighted by atomic mass is 16.8. The maximum atomic E-state index is 13.5. The molecule has 0 aromatic heterocycles. The van der Waals surface area contributed by atoms with Gasteiger partial charge in [0.1, 0.15) is 62.5 Å². The minimum atomic E-state index is -1.68. The smallest absolute Gasteiger partial charge is 0.303 e. The minimum Gasteiger partial charge on any atom is -0.463 e. The molecule has 27 heteroatoms. The van der Waals surface area contributed by atoms with Gasteiger partial charge >= 0.3 is 41.8 Å². The van der Waals surface area contributed by atoms with Crippen LogP contribution >= 0.6 is 0 Å². The number of nitrogens with zero attached hydrogens (tertiary/aromatic N) is 3. The molecule has 0 aromatic carbocycles. The fourth-order valence-electron chi connectivity index (χ4n) is 11.9. The van der Waals surface area contributed by atoms with Crippen molar-refractivity contribution >= 4 is 41.8 Å². The second-order valence-corrected chi connectivity index (χ2v) is 23.4. The first-order chi connectivity index (χ1) is 40.7. The molecule has 5 rings (SSSR count). The van der Waals surface area contributed by atoms with Crippen LogP contribution in [0.25, 0.3) is 10.4 Å². The van der Waals surface area contributed by atoms with Crippen LogP contribution in [-0.2, 0) is 114 Å². The molecular weight excluding hydrogens is 1130 g/mol. The molecule has 0 saturated carbocycles. The van der Waals surface area contributed by atoms with Crippen LogP contribution in [0.3, 0.4) is 0 Å². The van der Waals surface area contributed by atoms with Crippen molar-refractivity contribution in [1.82, 2.24) is 0 Å². The van der Waals surface area contributed by atoms with E-state index in [-0.39, 0.29) is 49.1 Å². The summed E-state index contributed by atoms with van der Waals surface area (Å²) in [5, 5.41) is 3.61. The number of ether oxygens (including phenoxy) is 17. The van der Waals surface area contributed by atoms with Crippen molar-refractivity contribution in [2.45, 2.75) is 260 Å². The fraction of sp³-hybridized carbons (Fsp3) is 0.881. The van der Waals surface area contributed by atoms with Crippen molar-refractivity contribution in [2.75, 3.05) is 33.0 Å². The van der Waals surface area contributed by atoms with Gasteiger partial charge in [-0.2, -0.15) is 0 Å². The molecule has 5 fully saturated rings. The van der Waals surface area contributed by atoms with Crippen molar-refractivity contribution < 1.29 is 114 Å². The van der Waals surface area contributed by atoms with Gasteiger partial charge in [-0.15, -0.1) is 0 Å². The van der Waals surface area contributed by atoms with Gasteiger partial charge in [0, 0.05) is 90.2 Å². The highest BCUT2D eigenvalue weighted by Gasteiger charge is 2.58. The van der Waals surface area contributed by atoms with E-state index in [9.17, 15) is 33.6 Å². The van der Waals surface area contributed by atoms with E-state index in [1.54, 1.807) is 20.8 Å². The zero-order valence-corrected chi connectivity index (χ0v) is 52.9. The summed E-state index contributed by atoms with van der Waals surface area (Å²) >= 11 is 0. The molecular formula is C59H95N3O24. The number of carbonyl (C=O) groups excluding carboxylic acids is 7. The van der Waals surface area contributed by atoms with Gasteiger partial charge in [-0.05, 0) is 49.0 Å². The Kier molecular flexibility index (Phi) is 28.7. The molecule has 0 amide bonds. The van der Waals surface area contributed by atoms with E-state index in [1.165, 1.54) is 41.5 Å². The SMILES string of the molecule is CCC1O[C@@H](OCCCCCCN=[N+]=[N-])C(O[C@@H]2OC(COC(C)=O)[C@H](C)[C@H](O[C@@H]3OC(COC(C)=O)[C@H](C)[C@H](O[C@@H]4OC(COC(C)=O)[C@H](C)[C@H](O[C@@H]5OC(CC)[C@H](C)[C@H](C)C5OC(C)=O)C4OC(C)=O)C3OC(C)=O)C2OC(C)=O)[C@@H](C)[C@H]1C. The van der Waals surface area contributed by atoms with Crippen molar-refractivity contribution in [3.63, 3.8) is 0 Å². The third kappa shape index (κ3) is 19.9. The highest BCUT2D eigenvalue weighted by molar-refractivity contribution is 5.68. The van der Waals surface area contributed by atoms with E-state index in [0.29, 0.717) is 32.4 Å². The number of hydrogen-bond acceptors (Lipinski definition) is 25. The summed E-state index contributed by atoms with van der Waals surface area (Å²) < 4.78 is 108. The summed E-state index contributed by atoms with van der Waals surface area (Å²) in [6.07, 6.45) is -16.5. The summed E-state index contributed by atoms with van der Waals surface area (Å²) in [4.78, 5) is 93.0. The first kappa shape index (κ1) is 71.9. The Bertz CT molecular complexity index is 2270. The number of azide groups is 1. The lowest BCUT2D eigenvalue weighted by Crippen LogP contribution is -2.66. The van der Waals surface area contributed by atoms with Crippen LogP contribution in [0.5, 0.6) is 0 Å². The molecule has 0 radical (unpaired) electrons. The quantitative estimate of drug-likeness (QED) is 0.0196. The number of carbonyl (C=O) groups is 7. The second-order valence-electron chi connectivity index (χ2n) is 23.4. The average molecular weight is 1230 g/mol. The third-order valence-corrected chi connectivity index (χ3v) is 17.1. The predicted molar refractivity (Wildman–Crippen MR) is 298 cm³/mol. The van der Waals surface area contributed by atoms with Crippen molar-refractivity contribution in [1.29, 1.82) is 0 Å². The van der Waals surface area contributed by atoms with Crippen LogP contribution in [0.15, 0.2) is 5.11 Å². The standard InChI is InChI=1S/C59H95N3O24/c1-17-42-28(3)30(5)50(55(78-42)70-24-22-20-19-21-23-61-62-60)86-59-54(77-41(16)69)49(34(9)46(82-59)27-73-37(12)65)85-58-53(76-40(15)68)48(33(8)45(81-58)26-72-36(11)64)84-57-52(75-39(14)67)47(32(7)44(80-57)25-71-35(10)63)83-56-51(74-38(13)66)31(6)29(4)43(18-2)79-56/h28-34,42-59H,17-27H2,1-16H3/t28-,29-,30+,31+,32+,33+,34+,42?,43?,44?,45?,46?,47+,48+,49+,50?,51?,52?,53?,54?,55-,56+,57+,58+,59+/m1/s1. The molecule has 10 unspecified atom stereocenters. The van der Waals surface area contributed by atoms with E-state index in [1.807, 2.05) is 41.5 Å². The van der Waals surface area contributed by atoms with E-state index in [4.69, 9.17) is 86.1 Å². The van der Waals surface area contributed by atoms with Gasteiger partial charge in [0.15, 0.2) is 55.9 Å². The lowest BCUT2D eigenvalue weighted by atomic mass is 9.82. The summed E-state index contributed by atoms with van der Waals surface area (Å²) in [6, 6.07) is 0. The Morgan fingerprint density at radius 3 is 1.03 bits per heavy atom. The van der Waals surface area contributed by atoms with Crippen LogP contribution in [0, 0.1) is 41.4 Å². The zero-order chi connectivity index (χ0) is 63.7. The molecule has 0 spiro atoms. The number of unbranched alkanes of at least 4 members (excludes halogenated alkanes) is 3. The van der Waals surface area contributed by atoms with Gasteiger partial charge in [0.25, 0.3) is 0 Å². The molecule has 0 N–H and O–H groups in total. The Balaban J connectivity index is 1.60. The third-order valence-electron chi connectivity index (χ3n) is 17.1. The Morgan fingerprint density at radius 1 is 0.372 bits per heavy atom. The van der Waals surface area contributed by atoms with Gasteiger partial charge in [-0.3, -0.25) is 33.6 Å². The first-order valence-electron chi connectivity index (χ1n) is 30.3. The van der Waals surface area contributed by atoms with E-state index < -0.39 is 165 Å². The molecule has 86 heavy (non-hydrogen) atoms. The lowest BCUT2D eigenvalue weighted by molar-refractivity contribution is -0.386. The number of hydrogen-bond donors (Lipinski definition) is 0. The number of esters is 7. The van der Waals surface area contributed by atoms with Crippen molar-refractivity contribution in [3.05, 3.63) is 10.4 Å². The monoisotopic (exact) mass is 1230 g/mol. The summed E-state index contributed by atoms with van der Waals surface area (Å²) in [5.41, 5.74) is 8.67. The molecule has 5 aliphatic rings. The largest absolute Gasteiger partial charge is 0.463 e. The molecule has 5 heterocycles. The van der Waals surface area contributed by atoms with Gasteiger partial charge in [-0.25, -0.2) is 0 Å². The highest BCUT2D eigenvalue weighted by Crippen LogP contribution is 2.44. The fourth-order valence-corrected chi connectivity index (χ4v) is 11.9.